The van der Waals surface area contributed by atoms with Crippen molar-refractivity contribution in [3.63, 3.8) is 0 Å². The third-order valence-electron chi connectivity index (χ3n) is 8.45. The highest BCUT2D eigenvalue weighted by Gasteiger charge is 2.60. The highest BCUT2D eigenvalue weighted by atomic mass is 16.5. The fraction of sp³-hybridized carbons (Fsp3) is 0.864. The molecular weight excluding hydrogens is 312 g/mol. The number of carbonyl (C=O) groups is 1. The molecular formula is C22H34O3. The van der Waals surface area contributed by atoms with Gasteiger partial charge in [-0.15, -0.1) is 0 Å². The van der Waals surface area contributed by atoms with Crippen molar-refractivity contribution in [2.24, 2.45) is 28.6 Å². The molecule has 0 aromatic carbocycles. The number of rotatable bonds is 3. The lowest BCUT2D eigenvalue weighted by Gasteiger charge is -2.59. The molecule has 4 fully saturated rings. The van der Waals surface area contributed by atoms with Crippen molar-refractivity contribution in [2.75, 3.05) is 13.2 Å². The minimum absolute atomic E-state index is 0.0578. The lowest BCUT2D eigenvalue weighted by atomic mass is 9.50. The molecule has 1 heterocycles. The summed E-state index contributed by atoms with van der Waals surface area (Å²) in [5, 5.41) is 8.99. The van der Waals surface area contributed by atoms with Gasteiger partial charge in [0, 0.05) is 18.4 Å². The van der Waals surface area contributed by atoms with Crippen molar-refractivity contribution in [3.05, 3.63) is 11.6 Å². The first-order valence-electron chi connectivity index (χ1n) is 10.4. The minimum atomic E-state index is -0.0578. The van der Waals surface area contributed by atoms with E-state index < -0.39 is 0 Å². The van der Waals surface area contributed by atoms with E-state index in [4.69, 9.17) is 9.84 Å². The molecule has 1 aliphatic heterocycles. The molecule has 4 unspecified atom stereocenters. The summed E-state index contributed by atoms with van der Waals surface area (Å²) in [5.41, 5.74) is 1.76. The highest BCUT2D eigenvalue weighted by Crippen LogP contribution is 2.62. The number of unbranched alkanes of at least 4 members (excludes halogenated alkanes) is 1. The molecule has 0 radical (unpaired) electrons. The number of aliphatic hydroxyl groups excluding tert-OH is 1. The van der Waals surface area contributed by atoms with Crippen LogP contribution in [-0.2, 0) is 9.53 Å². The van der Waals surface area contributed by atoms with Gasteiger partial charge in [0.1, 0.15) is 5.78 Å². The second kappa shape index (κ2) is 6.49. The average molecular weight is 347 g/mol. The van der Waals surface area contributed by atoms with Crippen LogP contribution in [0.25, 0.3) is 0 Å². The Hall–Kier alpha value is -0.670. The molecule has 0 aromatic heterocycles. The molecule has 0 aromatic rings. The van der Waals surface area contributed by atoms with Gasteiger partial charge in [-0.2, -0.15) is 0 Å². The van der Waals surface area contributed by atoms with Gasteiger partial charge in [0.2, 0.25) is 0 Å². The van der Waals surface area contributed by atoms with E-state index in [1.165, 1.54) is 24.8 Å². The number of fused-ring (bicyclic) bond motifs is 5. The molecule has 0 spiro atoms. The van der Waals surface area contributed by atoms with E-state index in [1.807, 2.05) is 0 Å². The SMILES string of the molecule is C[C@]12CC/C(=C\CCCO)CC1OCC1C2CC[C@]2(C)C(=O)CCC12. The molecule has 3 saturated carbocycles. The number of ether oxygens (including phenoxy) is 1. The predicted molar refractivity (Wildman–Crippen MR) is 98.2 cm³/mol. The smallest absolute Gasteiger partial charge is 0.139 e. The van der Waals surface area contributed by atoms with Gasteiger partial charge in [-0.25, -0.2) is 0 Å². The Labute approximate surface area is 152 Å². The molecule has 4 aliphatic rings. The zero-order valence-electron chi connectivity index (χ0n) is 15.9. The van der Waals surface area contributed by atoms with Crippen molar-refractivity contribution in [3.8, 4) is 0 Å². The van der Waals surface area contributed by atoms with Crippen LogP contribution in [-0.4, -0.2) is 30.2 Å². The first-order valence-corrected chi connectivity index (χ1v) is 10.4. The number of aliphatic hydroxyl groups is 1. The quantitative estimate of drug-likeness (QED) is 0.613. The van der Waals surface area contributed by atoms with Gasteiger partial charge in [0.05, 0.1) is 12.7 Å². The van der Waals surface area contributed by atoms with E-state index in [9.17, 15) is 4.79 Å². The molecule has 0 bridgehead atoms. The summed E-state index contributed by atoms with van der Waals surface area (Å²) in [6, 6.07) is 0. The summed E-state index contributed by atoms with van der Waals surface area (Å²) in [5.74, 6) is 2.39. The third-order valence-corrected chi connectivity index (χ3v) is 8.45. The van der Waals surface area contributed by atoms with E-state index in [0.717, 1.165) is 51.0 Å². The van der Waals surface area contributed by atoms with Gasteiger partial charge in [0.25, 0.3) is 0 Å². The summed E-state index contributed by atoms with van der Waals surface area (Å²) in [6.07, 6.45) is 12.2. The van der Waals surface area contributed by atoms with Crippen LogP contribution in [0.1, 0.15) is 71.6 Å². The first kappa shape index (κ1) is 17.7. The van der Waals surface area contributed by atoms with Gasteiger partial charge in [-0.3, -0.25) is 4.79 Å². The third kappa shape index (κ3) is 2.73. The number of ketones is 1. The van der Waals surface area contributed by atoms with Crippen LogP contribution in [0.15, 0.2) is 11.6 Å². The number of hydrogen-bond donors (Lipinski definition) is 1. The normalized spacial score (nSPS) is 48.1. The summed E-state index contributed by atoms with van der Waals surface area (Å²) in [4.78, 5) is 12.5. The maximum absolute atomic E-state index is 12.5. The maximum atomic E-state index is 12.5. The van der Waals surface area contributed by atoms with Crippen LogP contribution in [0, 0.1) is 28.6 Å². The van der Waals surface area contributed by atoms with Crippen LogP contribution in [0.4, 0.5) is 0 Å². The topological polar surface area (TPSA) is 46.5 Å². The number of carbonyl (C=O) groups excluding carboxylic acids is 1. The molecule has 6 atom stereocenters. The monoisotopic (exact) mass is 346 g/mol. The van der Waals surface area contributed by atoms with Crippen molar-refractivity contribution in [2.45, 2.75) is 77.7 Å². The molecule has 1 saturated heterocycles. The Morgan fingerprint density at radius 1 is 1.20 bits per heavy atom. The van der Waals surface area contributed by atoms with Crippen LogP contribution >= 0.6 is 0 Å². The van der Waals surface area contributed by atoms with Crippen LogP contribution in [0.3, 0.4) is 0 Å². The lowest BCUT2D eigenvalue weighted by molar-refractivity contribution is -0.191. The Morgan fingerprint density at radius 2 is 2.04 bits per heavy atom. The van der Waals surface area contributed by atoms with Gasteiger partial charge < -0.3 is 9.84 Å². The standard InChI is InChI=1S/C22H34O3/c1-21-11-9-18-16(17(21)6-7-19(21)24)14-25-20-13-15(5-3-4-12-23)8-10-22(18,20)2/h5,16-18,20,23H,3-4,6-14H2,1-2H3/b15-5+/t16?,17?,18?,20?,21-,22+/m0/s1. The van der Waals surface area contributed by atoms with Crippen LogP contribution < -0.4 is 0 Å². The van der Waals surface area contributed by atoms with Gasteiger partial charge >= 0.3 is 0 Å². The Balaban J connectivity index is 1.51. The van der Waals surface area contributed by atoms with Crippen molar-refractivity contribution in [1.82, 2.24) is 0 Å². The fourth-order valence-corrected chi connectivity index (χ4v) is 6.76. The minimum Gasteiger partial charge on any atom is -0.396 e. The maximum Gasteiger partial charge on any atom is 0.139 e. The van der Waals surface area contributed by atoms with Crippen LogP contribution in [0.5, 0.6) is 0 Å². The Kier molecular flexibility index (Phi) is 4.60. The molecule has 140 valence electrons. The predicted octanol–water partition coefficient (Wildman–Crippen LogP) is 4.29. The number of Topliss-reactive ketones (excluding diaryl/α,β-unsaturated/α-hetero) is 1. The fourth-order valence-electron chi connectivity index (χ4n) is 6.76. The molecule has 3 aliphatic carbocycles. The van der Waals surface area contributed by atoms with Gasteiger partial charge in [0.15, 0.2) is 0 Å². The van der Waals surface area contributed by atoms with Crippen molar-refractivity contribution in [1.29, 1.82) is 0 Å². The van der Waals surface area contributed by atoms with Crippen molar-refractivity contribution < 1.29 is 14.6 Å². The van der Waals surface area contributed by atoms with Gasteiger partial charge in [-0.05, 0) is 74.5 Å². The molecule has 1 N–H and O–H groups in total. The summed E-state index contributed by atoms with van der Waals surface area (Å²) < 4.78 is 6.48. The van der Waals surface area contributed by atoms with Gasteiger partial charge in [-0.1, -0.05) is 25.5 Å². The van der Waals surface area contributed by atoms with E-state index >= 15 is 0 Å². The molecule has 4 rings (SSSR count). The molecule has 25 heavy (non-hydrogen) atoms. The number of hydrogen-bond acceptors (Lipinski definition) is 3. The zero-order valence-corrected chi connectivity index (χ0v) is 15.9. The Bertz CT molecular complexity index is 568. The molecule has 3 heteroatoms. The summed E-state index contributed by atoms with van der Waals surface area (Å²) in [6.45, 7) is 5.85. The highest BCUT2D eigenvalue weighted by molar-refractivity contribution is 5.87. The van der Waals surface area contributed by atoms with E-state index in [2.05, 4.69) is 19.9 Å². The summed E-state index contributed by atoms with van der Waals surface area (Å²) >= 11 is 0. The van der Waals surface area contributed by atoms with Crippen molar-refractivity contribution >= 4 is 5.78 Å². The second-order valence-corrected chi connectivity index (χ2v) is 9.55. The second-order valence-electron chi connectivity index (χ2n) is 9.55. The van der Waals surface area contributed by atoms with E-state index in [1.54, 1.807) is 0 Å². The van der Waals surface area contributed by atoms with Crippen LogP contribution in [0.2, 0.25) is 0 Å². The summed E-state index contributed by atoms with van der Waals surface area (Å²) in [7, 11) is 0. The lowest BCUT2D eigenvalue weighted by Crippen LogP contribution is -2.57. The largest absolute Gasteiger partial charge is 0.396 e. The average Bonchev–Trinajstić information content (AvgIpc) is 2.90. The van der Waals surface area contributed by atoms with E-state index in [-0.39, 0.29) is 17.4 Å². The first-order chi connectivity index (χ1) is 12.0. The molecule has 3 nitrogen and oxygen atoms in total. The Morgan fingerprint density at radius 3 is 2.84 bits per heavy atom. The molecule has 0 amide bonds. The number of allylic oxidation sites excluding steroid dienone is 1. The zero-order chi connectivity index (χ0) is 17.7. The van der Waals surface area contributed by atoms with E-state index in [0.29, 0.717) is 23.7 Å².